The molecule has 0 spiro atoms. The van der Waals surface area contributed by atoms with Crippen LogP contribution in [0.15, 0.2) is 45.9 Å². The highest BCUT2D eigenvalue weighted by Crippen LogP contribution is 2.26. The summed E-state index contributed by atoms with van der Waals surface area (Å²) in [6.07, 6.45) is 6.66. The highest BCUT2D eigenvalue weighted by atomic mass is 79.9. The smallest absolute Gasteiger partial charge is 0.141 e. The van der Waals surface area contributed by atoms with Crippen LogP contribution in [0.3, 0.4) is 0 Å². The molecule has 7 heteroatoms. The van der Waals surface area contributed by atoms with Gasteiger partial charge < -0.3 is 16.0 Å². The number of nitrogens with two attached hydrogens (primary N) is 2. The molecule has 0 saturated heterocycles. The molecule has 4 N–H and O–H groups in total. The van der Waals surface area contributed by atoms with Gasteiger partial charge in [0.25, 0.3) is 0 Å². The van der Waals surface area contributed by atoms with Gasteiger partial charge in [-0.15, -0.1) is 0 Å². The monoisotopic (exact) mass is 361 g/mol. The van der Waals surface area contributed by atoms with Crippen molar-refractivity contribution in [1.29, 1.82) is 0 Å². The van der Waals surface area contributed by atoms with Crippen molar-refractivity contribution < 1.29 is 4.52 Å². The van der Waals surface area contributed by atoms with Gasteiger partial charge in [0.1, 0.15) is 5.76 Å². The number of aryl methyl sites for hydroxylation is 2. The molecule has 114 valence electrons. The van der Waals surface area contributed by atoms with E-state index in [4.69, 9.17) is 16.0 Å². The van der Waals surface area contributed by atoms with E-state index in [1.165, 1.54) is 0 Å². The molecule has 3 aromatic heterocycles. The van der Waals surface area contributed by atoms with Crippen molar-refractivity contribution >= 4 is 27.3 Å². The van der Waals surface area contributed by atoms with Crippen molar-refractivity contribution in [1.82, 2.24) is 15.1 Å². The minimum Gasteiger partial charge on any atom is -0.397 e. The number of hydrogen-bond acceptors (Lipinski definition) is 6. The van der Waals surface area contributed by atoms with E-state index >= 15 is 0 Å². The van der Waals surface area contributed by atoms with E-state index < -0.39 is 0 Å². The fraction of sp³-hybridized carbons (Fsp3) is 0.133. The predicted octanol–water partition coefficient (Wildman–Crippen LogP) is 3.36. The van der Waals surface area contributed by atoms with E-state index in [9.17, 15) is 0 Å². The first-order valence-corrected chi connectivity index (χ1v) is 7.26. The van der Waals surface area contributed by atoms with Crippen LogP contribution in [0.5, 0.6) is 0 Å². The van der Waals surface area contributed by atoms with Gasteiger partial charge in [0.05, 0.1) is 17.1 Å². The molecule has 0 fully saturated rings. The third kappa shape index (κ3) is 4.05. The van der Waals surface area contributed by atoms with E-state index in [-0.39, 0.29) is 0 Å². The standard InChI is InChI=1S/C10H11N3O.C5H5BrN2/c1-6-10(7(2)14-13-6)8-3-9(11)5-12-4-8;6-4-1-5(7)3-8-2-4/h3-5H,11H2,1-2H3;1-3H,7H2. The van der Waals surface area contributed by atoms with Gasteiger partial charge in [-0.25, -0.2) is 0 Å². The summed E-state index contributed by atoms with van der Waals surface area (Å²) < 4.78 is 5.99. The molecule has 0 radical (unpaired) electrons. The highest BCUT2D eigenvalue weighted by Gasteiger charge is 2.11. The highest BCUT2D eigenvalue weighted by molar-refractivity contribution is 9.10. The molecular weight excluding hydrogens is 346 g/mol. The maximum Gasteiger partial charge on any atom is 0.141 e. The fourth-order valence-electron chi connectivity index (χ4n) is 1.92. The predicted molar refractivity (Wildman–Crippen MR) is 90.0 cm³/mol. The first-order valence-electron chi connectivity index (χ1n) is 6.47. The zero-order chi connectivity index (χ0) is 16.1. The van der Waals surface area contributed by atoms with Crippen LogP contribution in [-0.2, 0) is 0 Å². The first-order chi connectivity index (χ1) is 10.5. The summed E-state index contributed by atoms with van der Waals surface area (Å²) in [6.45, 7) is 3.77. The Hall–Kier alpha value is -2.41. The molecule has 0 unspecified atom stereocenters. The Balaban J connectivity index is 0.000000188. The lowest BCUT2D eigenvalue weighted by Gasteiger charge is -1.99. The number of anilines is 2. The third-order valence-corrected chi connectivity index (χ3v) is 3.24. The number of aromatic nitrogens is 3. The Kier molecular flexibility index (Phi) is 5.11. The van der Waals surface area contributed by atoms with Crippen molar-refractivity contribution in [2.75, 3.05) is 11.5 Å². The fourth-order valence-corrected chi connectivity index (χ4v) is 2.30. The Labute approximate surface area is 136 Å². The van der Waals surface area contributed by atoms with Crippen LogP contribution in [0, 0.1) is 13.8 Å². The topological polar surface area (TPSA) is 104 Å². The first kappa shape index (κ1) is 16.0. The molecule has 0 bridgehead atoms. The number of pyridine rings is 2. The largest absolute Gasteiger partial charge is 0.397 e. The van der Waals surface area contributed by atoms with Crippen LogP contribution < -0.4 is 11.5 Å². The molecule has 0 amide bonds. The molecule has 3 heterocycles. The molecule has 6 nitrogen and oxygen atoms in total. The SMILES string of the molecule is Cc1noc(C)c1-c1cncc(N)c1.Nc1cncc(Br)c1. The average molecular weight is 362 g/mol. The molecule has 0 aliphatic carbocycles. The number of nitrogens with zero attached hydrogens (tertiary/aromatic N) is 3. The van der Waals surface area contributed by atoms with Gasteiger partial charge in [-0.2, -0.15) is 0 Å². The van der Waals surface area contributed by atoms with Crippen LogP contribution in [0.1, 0.15) is 11.5 Å². The molecule has 3 aromatic rings. The van der Waals surface area contributed by atoms with Gasteiger partial charge in [-0.1, -0.05) is 5.16 Å². The average Bonchev–Trinajstić information content (AvgIpc) is 2.78. The van der Waals surface area contributed by atoms with Crippen molar-refractivity contribution in [2.45, 2.75) is 13.8 Å². The third-order valence-electron chi connectivity index (χ3n) is 2.81. The molecular formula is C15H16BrN5O. The van der Waals surface area contributed by atoms with E-state index in [1.807, 2.05) is 19.9 Å². The second kappa shape index (κ2) is 7.04. The second-order valence-electron chi connectivity index (χ2n) is 4.64. The molecule has 0 aliphatic heterocycles. The van der Waals surface area contributed by atoms with Gasteiger partial charge in [-0.3, -0.25) is 9.97 Å². The number of halogens is 1. The van der Waals surface area contributed by atoms with E-state index in [2.05, 4.69) is 31.1 Å². The second-order valence-corrected chi connectivity index (χ2v) is 5.56. The van der Waals surface area contributed by atoms with E-state index in [0.29, 0.717) is 11.4 Å². The summed E-state index contributed by atoms with van der Waals surface area (Å²) in [7, 11) is 0. The summed E-state index contributed by atoms with van der Waals surface area (Å²) >= 11 is 3.22. The summed E-state index contributed by atoms with van der Waals surface area (Å²) in [5, 5.41) is 3.88. The van der Waals surface area contributed by atoms with Gasteiger partial charge in [-0.05, 0) is 41.9 Å². The molecule has 3 rings (SSSR count). The lowest BCUT2D eigenvalue weighted by molar-refractivity contribution is 0.393. The number of rotatable bonds is 1. The number of nitrogen functional groups attached to an aromatic ring is 2. The minimum absolute atomic E-state index is 0.641. The number of hydrogen-bond donors (Lipinski definition) is 2. The Bertz CT molecular complexity index is 735. The summed E-state index contributed by atoms with van der Waals surface area (Å²) in [5.41, 5.74) is 15.1. The van der Waals surface area contributed by atoms with Gasteiger partial charge >= 0.3 is 0 Å². The molecule has 0 saturated carbocycles. The van der Waals surface area contributed by atoms with Crippen LogP contribution in [-0.4, -0.2) is 15.1 Å². The molecule has 0 aliphatic rings. The Morgan fingerprint density at radius 2 is 1.59 bits per heavy atom. The summed E-state index contributed by atoms with van der Waals surface area (Å²) in [5.74, 6) is 0.787. The zero-order valence-electron chi connectivity index (χ0n) is 12.2. The van der Waals surface area contributed by atoms with Gasteiger partial charge in [0.15, 0.2) is 0 Å². The molecule has 22 heavy (non-hydrogen) atoms. The summed E-state index contributed by atoms with van der Waals surface area (Å²) in [6, 6.07) is 3.66. The normalized spacial score (nSPS) is 9.95. The lowest BCUT2D eigenvalue weighted by Crippen LogP contribution is -1.89. The molecule has 0 aromatic carbocycles. The minimum atomic E-state index is 0.641. The Morgan fingerprint density at radius 1 is 0.955 bits per heavy atom. The maximum absolute atomic E-state index is 5.65. The van der Waals surface area contributed by atoms with Crippen molar-refractivity contribution in [3.63, 3.8) is 0 Å². The maximum atomic E-state index is 5.65. The van der Waals surface area contributed by atoms with Crippen LogP contribution in [0.2, 0.25) is 0 Å². The summed E-state index contributed by atoms with van der Waals surface area (Å²) in [4.78, 5) is 7.84. The molecule has 0 atom stereocenters. The van der Waals surface area contributed by atoms with E-state index in [0.717, 1.165) is 27.1 Å². The Morgan fingerprint density at radius 3 is 2.05 bits per heavy atom. The van der Waals surface area contributed by atoms with Gasteiger partial charge in [0, 0.05) is 40.4 Å². The van der Waals surface area contributed by atoms with Crippen molar-refractivity contribution in [2.24, 2.45) is 0 Å². The zero-order valence-corrected chi connectivity index (χ0v) is 13.8. The van der Waals surface area contributed by atoms with E-state index in [1.54, 1.807) is 30.9 Å². The van der Waals surface area contributed by atoms with Gasteiger partial charge in [0.2, 0.25) is 0 Å². The van der Waals surface area contributed by atoms with Crippen LogP contribution in [0.4, 0.5) is 11.4 Å². The van der Waals surface area contributed by atoms with Crippen molar-refractivity contribution in [3.05, 3.63) is 52.8 Å². The van der Waals surface area contributed by atoms with Crippen molar-refractivity contribution in [3.8, 4) is 11.1 Å². The van der Waals surface area contributed by atoms with Crippen LogP contribution in [0.25, 0.3) is 11.1 Å². The quantitative estimate of drug-likeness (QED) is 0.688. The van der Waals surface area contributed by atoms with Crippen LogP contribution >= 0.6 is 15.9 Å². The lowest BCUT2D eigenvalue weighted by atomic mass is 10.1.